The molecule has 18 heavy (non-hydrogen) atoms. The van der Waals surface area contributed by atoms with Gasteiger partial charge in [0.25, 0.3) is 0 Å². The van der Waals surface area contributed by atoms with Crippen molar-refractivity contribution in [2.75, 3.05) is 13.2 Å². The van der Waals surface area contributed by atoms with Gasteiger partial charge in [-0.1, -0.05) is 39.2 Å². The summed E-state index contributed by atoms with van der Waals surface area (Å²) in [7, 11) is 2.11. The Morgan fingerprint density at radius 3 is 2.11 bits per heavy atom. The van der Waals surface area contributed by atoms with Crippen LogP contribution < -0.4 is 0 Å². The molecule has 0 aliphatic heterocycles. The molecule has 0 amide bonds. The summed E-state index contributed by atoms with van der Waals surface area (Å²) in [5.74, 6) is 0. The monoisotopic (exact) mass is 254 g/mol. The highest BCUT2D eigenvalue weighted by molar-refractivity contribution is 6.10. The van der Waals surface area contributed by atoms with Crippen LogP contribution in [0.1, 0.15) is 48.0 Å². The van der Waals surface area contributed by atoms with Gasteiger partial charge in [-0.2, -0.15) is 0 Å². The minimum Gasteiger partial charge on any atom is -0.373 e. The Bertz CT molecular complexity index is 248. The SMILES string of the molecule is BCC(=C)C(COC(C)(C)C)OCCC(C)(C)C. The fourth-order valence-electron chi connectivity index (χ4n) is 1.34. The predicted octanol–water partition coefficient (Wildman–Crippen LogP) is 3.23. The number of hydrogen-bond acceptors (Lipinski definition) is 2. The zero-order chi connectivity index (χ0) is 14.4. The van der Waals surface area contributed by atoms with E-state index in [1.807, 2.05) is 0 Å². The lowest BCUT2D eigenvalue weighted by atomic mass is 9.92. The van der Waals surface area contributed by atoms with Crippen molar-refractivity contribution in [3.63, 3.8) is 0 Å². The van der Waals surface area contributed by atoms with E-state index in [1.54, 1.807) is 0 Å². The van der Waals surface area contributed by atoms with Crippen LogP contribution in [0.5, 0.6) is 0 Å². The summed E-state index contributed by atoms with van der Waals surface area (Å²) in [6.45, 7) is 18.3. The van der Waals surface area contributed by atoms with Crippen LogP contribution in [0.3, 0.4) is 0 Å². The molecule has 106 valence electrons. The summed E-state index contributed by atoms with van der Waals surface area (Å²) >= 11 is 0. The van der Waals surface area contributed by atoms with Crippen molar-refractivity contribution >= 4 is 7.85 Å². The lowest BCUT2D eigenvalue weighted by Crippen LogP contribution is -2.30. The van der Waals surface area contributed by atoms with Gasteiger partial charge < -0.3 is 9.47 Å². The predicted molar refractivity (Wildman–Crippen MR) is 82.0 cm³/mol. The largest absolute Gasteiger partial charge is 0.373 e. The lowest BCUT2D eigenvalue weighted by Gasteiger charge is -2.27. The number of rotatable bonds is 7. The standard InChI is InChI=1S/C15H31BO2/c1-12(10-16)13(11-18-15(5,6)7)17-9-8-14(2,3)4/h13H,1,8-11,16H2,2-7H3. The van der Waals surface area contributed by atoms with Crippen LogP contribution in [-0.2, 0) is 9.47 Å². The molecule has 0 bridgehead atoms. The fraction of sp³-hybridized carbons (Fsp3) is 0.867. The summed E-state index contributed by atoms with van der Waals surface area (Å²) in [4.78, 5) is 0. The molecule has 2 nitrogen and oxygen atoms in total. The second-order valence-electron chi connectivity index (χ2n) is 7.11. The van der Waals surface area contributed by atoms with Crippen molar-refractivity contribution in [2.24, 2.45) is 5.41 Å². The highest BCUT2D eigenvalue weighted by atomic mass is 16.5. The van der Waals surface area contributed by atoms with Crippen molar-refractivity contribution in [1.29, 1.82) is 0 Å². The number of ether oxygens (including phenoxy) is 2. The molecular formula is C15H31BO2. The molecule has 3 heteroatoms. The second-order valence-corrected chi connectivity index (χ2v) is 7.11. The molecule has 0 rings (SSSR count). The molecule has 0 aromatic rings. The molecule has 0 saturated carbocycles. The van der Waals surface area contributed by atoms with E-state index in [2.05, 4.69) is 56.0 Å². The first-order valence-electron chi connectivity index (χ1n) is 6.98. The molecule has 0 spiro atoms. The van der Waals surface area contributed by atoms with E-state index in [1.165, 1.54) is 0 Å². The highest BCUT2D eigenvalue weighted by Gasteiger charge is 2.18. The Balaban J connectivity index is 4.21. The Hall–Kier alpha value is -0.275. The van der Waals surface area contributed by atoms with E-state index < -0.39 is 0 Å². The molecule has 0 fully saturated rings. The van der Waals surface area contributed by atoms with Gasteiger partial charge in [-0.25, -0.2) is 0 Å². The zero-order valence-corrected chi connectivity index (χ0v) is 13.4. The topological polar surface area (TPSA) is 18.5 Å². The molecule has 0 N–H and O–H groups in total. The summed E-state index contributed by atoms with van der Waals surface area (Å²) in [5.41, 5.74) is 1.30. The molecule has 0 aromatic heterocycles. The third-order valence-electron chi connectivity index (χ3n) is 2.75. The molecular weight excluding hydrogens is 223 g/mol. The van der Waals surface area contributed by atoms with Crippen molar-refractivity contribution in [2.45, 2.75) is 66.0 Å². The van der Waals surface area contributed by atoms with E-state index in [-0.39, 0.29) is 11.7 Å². The molecule has 0 aliphatic rings. The molecule has 0 radical (unpaired) electrons. The van der Waals surface area contributed by atoms with Gasteiger partial charge in [0.1, 0.15) is 14.0 Å². The van der Waals surface area contributed by atoms with Crippen LogP contribution in [0.25, 0.3) is 0 Å². The van der Waals surface area contributed by atoms with E-state index in [4.69, 9.17) is 9.47 Å². The molecule has 1 unspecified atom stereocenters. The van der Waals surface area contributed by atoms with Crippen molar-refractivity contribution in [1.82, 2.24) is 0 Å². The first kappa shape index (κ1) is 17.7. The zero-order valence-electron chi connectivity index (χ0n) is 13.4. The Morgan fingerprint density at radius 2 is 1.72 bits per heavy atom. The maximum Gasteiger partial charge on any atom is 0.106 e. The second kappa shape index (κ2) is 7.35. The summed E-state index contributed by atoms with van der Waals surface area (Å²) in [6.07, 6.45) is 2.01. The van der Waals surface area contributed by atoms with Crippen LogP contribution in [0, 0.1) is 5.41 Å². The van der Waals surface area contributed by atoms with Gasteiger partial charge in [0, 0.05) is 6.61 Å². The van der Waals surface area contributed by atoms with Crippen molar-refractivity contribution < 1.29 is 9.47 Å². The Morgan fingerprint density at radius 1 is 1.17 bits per heavy atom. The average Bonchev–Trinajstić information content (AvgIpc) is 2.19. The summed E-state index contributed by atoms with van der Waals surface area (Å²) in [5, 5.41) is 0. The van der Waals surface area contributed by atoms with Gasteiger partial charge in [0.2, 0.25) is 0 Å². The average molecular weight is 254 g/mol. The van der Waals surface area contributed by atoms with E-state index in [9.17, 15) is 0 Å². The van der Waals surface area contributed by atoms with Crippen LogP contribution in [0.15, 0.2) is 12.2 Å². The smallest absolute Gasteiger partial charge is 0.106 e. The molecule has 0 aromatic carbocycles. The van der Waals surface area contributed by atoms with Crippen LogP contribution in [0.4, 0.5) is 0 Å². The van der Waals surface area contributed by atoms with Crippen LogP contribution in [-0.4, -0.2) is 32.8 Å². The van der Waals surface area contributed by atoms with E-state index in [0.717, 1.165) is 24.9 Å². The molecule has 0 heterocycles. The maximum atomic E-state index is 5.94. The third-order valence-corrected chi connectivity index (χ3v) is 2.75. The van der Waals surface area contributed by atoms with Gasteiger partial charge in [-0.05, 0) is 32.6 Å². The first-order valence-corrected chi connectivity index (χ1v) is 6.98. The van der Waals surface area contributed by atoms with Gasteiger partial charge in [0.05, 0.1) is 12.2 Å². The van der Waals surface area contributed by atoms with E-state index >= 15 is 0 Å². The minimum atomic E-state index is -0.125. The minimum absolute atomic E-state index is 0.0246. The lowest BCUT2D eigenvalue weighted by molar-refractivity contribution is -0.0635. The summed E-state index contributed by atoms with van der Waals surface area (Å²) in [6, 6.07) is 0. The van der Waals surface area contributed by atoms with Crippen molar-refractivity contribution in [3.8, 4) is 0 Å². The quantitative estimate of drug-likeness (QED) is 0.513. The van der Waals surface area contributed by atoms with Crippen LogP contribution >= 0.6 is 0 Å². The normalized spacial score (nSPS) is 14.6. The Labute approximate surface area is 115 Å². The van der Waals surface area contributed by atoms with Gasteiger partial charge in [-0.15, -0.1) is 0 Å². The van der Waals surface area contributed by atoms with Gasteiger partial charge >= 0.3 is 0 Å². The van der Waals surface area contributed by atoms with Crippen LogP contribution in [0.2, 0.25) is 6.32 Å². The number of hydrogen-bond donors (Lipinski definition) is 0. The summed E-state index contributed by atoms with van der Waals surface area (Å²) < 4.78 is 11.8. The maximum absolute atomic E-state index is 5.94. The van der Waals surface area contributed by atoms with Gasteiger partial charge in [0.15, 0.2) is 0 Å². The fourth-order valence-corrected chi connectivity index (χ4v) is 1.34. The Kier molecular flexibility index (Phi) is 7.24. The molecule has 0 aliphatic carbocycles. The highest BCUT2D eigenvalue weighted by Crippen LogP contribution is 2.20. The van der Waals surface area contributed by atoms with E-state index in [0.29, 0.717) is 12.0 Å². The first-order chi connectivity index (χ1) is 8.05. The third kappa shape index (κ3) is 9.72. The van der Waals surface area contributed by atoms with Gasteiger partial charge in [-0.3, -0.25) is 0 Å². The molecule has 0 saturated heterocycles. The van der Waals surface area contributed by atoms with Crippen molar-refractivity contribution in [3.05, 3.63) is 12.2 Å². The molecule has 1 atom stereocenters.